The monoisotopic (exact) mass is 514 g/mol. The topological polar surface area (TPSA) is 98.0 Å². The Hall–Kier alpha value is -0.750. The van der Waals surface area contributed by atoms with Crippen LogP contribution in [0.1, 0.15) is 105 Å². The molecule has 6 aliphatic rings. The molecule has 2 bridgehead atoms. The SMILES string of the molecule is CC1(C)CC[C@@]2(CO)[C@H](C1)C1=CC(=O)[C@@H]3[C@]45CCCC[C@]3(CC[C@@H]4[C@](C)(CO)[C@@H](O)CC5)[C@]1(C)C[C@@H]2O. The second-order valence-electron chi connectivity index (χ2n) is 15.7. The normalized spacial score (nSPS) is 54.6. The Morgan fingerprint density at radius 1 is 0.838 bits per heavy atom. The number of aliphatic hydroxyl groups excluding tert-OH is 4. The first-order valence-corrected chi connectivity index (χ1v) is 15.2. The Labute approximate surface area is 223 Å². The van der Waals surface area contributed by atoms with Gasteiger partial charge in [-0.05, 0) is 104 Å². The highest BCUT2D eigenvalue weighted by Crippen LogP contribution is 2.77. The van der Waals surface area contributed by atoms with E-state index < -0.39 is 23.0 Å². The maximum absolute atomic E-state index is 14.6. The van der Waals surface area contributed by atoms with Gasteiger partial charge in [-0.1, -0.05) is 46.1 Å². The lowest BCUT2D eigenvalue weighted by Gasteiger charge is -2.72. The lowest BCUT2D eigenvalue weighted by molar-refractivity contribution is -0.230. The predicted molar refractivity (Wildman–Crippen MR) is 142 cm³/mol. The summed E-state index contributed by atoms with van der Waals surface area (Å²) >= 11 is 0. The van der Waals surface area contributed by atoms with E-state index in [0.717, 1.165) is 64.2 Å². The van der Waals surface area contributed by atoms with E-state index in [9.17, 15) is 25.2 Å². The quantitative estimate of drug-likeness (QED) is 0.424. The molecule has 5 nitrogen and oxygen atoms in total. The van der Waals surface area contributed by atoms with E-state index in [1.54, 1.807) is 0 Å². The molecule has 0 amide bonds. The molecule has 10 atom stereocenters. The van der Waals surface area contributed by atoms with E-state index in [1.807, 2.05) is 6.08 Å². The van der Waals surface area contributed by atoms with Crippen LogP contribution in [0.5, 0.6) is 0 Å². The van der Waals surface area contributed by atoms with Crippen molar-refractivity contribution in [1.29, 1.82) is 0 Å². The summed E-state index contributed by atoms with van der Waals surface area (Å²) in [4.78, 5) is 14.6. The summed E-state index contributed by atoms with van der Waals surface area (Å²) in [6.07, 6.45) is 11.8. The Kier molecular flexibility index (Phi) is 5.83. The van der Waals surface area contributed by atoms with Crippen LogP contribution >= 0.6 is 0 Å². The van der Waals surface area contributed by atoms with E-state index in [1.165, 1.54) is 5.57 Å². The van der Waals surface area contributed by atoms with Gasteiger partial charge in [-0.3, -0.25) is 4.79 Å². The molecule has 0 aromatic heterocycles. The molecule has 208 valence electrons. The molecular weight excluding hydrogens is 464 g/mol. The number of aliphatic hydroxyl groups is 4. The number of rotatable bonds is 2. The van der Waals surface area contributed by atoms with Gasteiger partial charge in [0.25, 0.3) is 0 Å². The van der Waals surface area contributed by atoms with Crippen molar-refractivity contribution in [3.8, 4) is 0 Å². The van der Waals surface area contributed by atoms with Crippen LogP contribution in [0, 0.1) is 50.2 Å². The largest absolute Gasteiger partial charge is 0.396 e. The minimum atomic E-state index is -0.578. The van der Waals surface area contributed by atoms with E-state index in [2.05, 4.69) is 27.7 Å². The zero-order chi connectivity index (χ0) is 26.6. The smallest absolute Gasteiger partial charge is 0.159 e. The van der Waals surface area contributed by atoms with Crippen LogP contribution in [0.4, 0.5) is 0 Å². The lowest BCUT2D eigenvalue weighted by atomic mass is 9.32. The number of fused-ring (bicyclic) bond motifs is 3. The van der Waals surface area contributed by atoms with Crippen molar-refractivity contribution in [3.05, 3.63) is 11.6 Å². The number of allylic oxidation sites excluding steroid dienone is 2. The number of carbonyl (C=O) groups excluding carboxylic acids is 1. The zero-order valence-electron chi connectivity index (χ0n) is 23.6. The van der Waals surface area contributed by atoms with Gasteiger partial charge in [0, 0.05) is 16.7 Å². The molecule has 6 aliphatic carbocycles. The second kappa shape index (κ2) is 8.15. The third-order valence-electron chi connectivity index (χ3n) is 14.0. The second-order valence-corrected chi connectivity index (χ2v) is 15.7. The Morgan fingerprint density at radius 2 is 1.57 bits per heavy atom. The van der Waals surface area contributed by atoms with Crippen molar-refractivity contribution >= 4 is 5.78 Å². The van der Waals surface area contributed by atoms with Crippen LogP contribution < -0.4 is 0 Å². The summed E-state index contributed by atoms with van der Waals surface area (Å²) in [5.41, 5.74) is -0.461. The van der Waals surface area contributed by atoms with Gasteiger partial charge in [0.1, 0.15) is 0 Å². The van der Waals surface area contributed by atoms with Gasteiger partial charge in [0.05, 0.1) is 25.4 Å². The number of hydrogen-bond donors (Lipinski definition) is 4. The highest BCUT2D eigenvalue weighted by molar-refractivity contribution is 5.96. The first-order chi connectivity index (χ1) is 17.4. The fourth-order valence-corrected chi connectivity index (χ4v) is 11.9. The fourth-order valence-electron chi connectivity index (χ4n) is 11.9. The number of hydrogen-bond acceptors (Lipinski definition) is 5. The lowest BCUT2D eigenvalue weighted by Crippen LogP contribution is -2.70. The van der Waals surface area contributed by atoms with Gasteiger partial charge in [0.15, 0.2) is 5.78 Å². The standard InChI is InChI=1S/C32H50O5/c1-27(2)13-14-31(19-34)21(16-27)20-15-22(35)26-30-9-5-6-10-32(26,29(20,4)17-25(31)37)12-7-23(30)28(3,18-33)24(36)8-11-30/h15,21,23-26,33-34,36-37H,5-14,16-19H2,1-4H3/t21-,23-,24+,25+,26-,28+,29-,30+,31-,32-/m1/s1. The molecule has 5 heteroatoms. The molecule has 0 aromatic rings. The molecule has 6 rings (SSSR count). The van der Waals surface area contributed by atoms with Crippen LogP contribution in [-0.4, -0.2) is 51.6 Å². The molecule has 0 unspecified atom stereocenters. The molecule has 0 saturated heterocycles. The Balaban J connectivity index is 1.55. The third-order valence-corrected chi connectivity index (χ3v) is 14.0. The van der Waals surface area contributed by atoms with Crippen LogP contribution in [-0.2, 0) is 4.79 Å². The molecule has 5 saturated carbocycles. The predicted octanol–water partition coefficient (Wildman–Crippen LogP) is 4.80. The van der Waals surface area contributed by atoms with Gasteiger partial charge >= 0.3 is 0 Å². The molecule has 5 fully saturated rings. The molecular formula is C32H50O5. The van der Waals surface area contributed by atoms with Gasteiger partial charge in [-0.2, -0.15) is 0 Å². The highest BCUT2D eigenvalue weighted by atomic mass is 16.3. The van der Waals surface area contributed by atoms with Crippen molar-refractivity contribution in [2.75, 3.05) is 13.2 Å². The number of ketones is 1. The average molecular weight is 515 g/mol. The van der Waals surface area contributed by atoms with Gasteiger partial charge < -0.3 is 20.4 Å². The molecule has 0 aromatic carbocycles. The van der Waals surface area contributed by atoms with Crippen molar-refractivity contribution in [2.45, 2.75) is 117 Å². The van der Waals surface area contributed by atoms with E-state index in [4.69, 9.17) is 0 Å². The van der Waals surface area contributed by atoms with Gasteiger partial charge in [-0.15, -0.1) is 0 Å². The molecule has 4 N–H and O–H groups in total. The van der Waals surface area contributed by atoms with Crippen molar-refractivity contribution in [2.24, 2.45) is 50.2 Å². The van der Waals surface area contributed by atoms with E-state index in [0.29, 0.717) is 12.8 Å². The average Bonchev–Trinajstić information content (AvgIpc) is 2.96. The Morgan fingerprint density at radius 3 is 2.27 bits per heavy atom. The summed E-state index contributed by atoms with van der Waals surface area (Å²) in [6.45, 7) is 8.96. The van der Waals surface area contributed by atoms with E-state index >= 15 is 0 Å². The summed E-state index contributed by atoms with van der Waals surface area (Å²) in [7, 11) is 0. The summed E-state index contributed by atoms with van der Waals surface area (Å²) in [6, 6.07) is 0. The van der Waals surface area contributed by atoms with E-state index in [-0.39, 0.29) is 58.4 Å². The summed E-state index contributed by atoms with van der Waals surface area (Å²) in [5, 5.41) is 44.3. The van der Waals surface area contributed by atoms with Crippen LogP contribution in [0.15, 0.2) is 11.6 Å². The maximum atomic E-state index is 14.6. The maximum Gasteiger partial charge on any atom is 0.159 e. The first-order valence-electron chi connectivity index (χ1n) is 15.2. The van der Waals surface area contributed by atoms with Crippen LogP contribution in [0.2, 0.25) is 0 Å². The van der Waals surface area contributed by atoms with Crippen LogP contribution in [0.25, 0.3) is 0 Å². The molecule has 1 spiro atoms. The first kappa shape index (κ1) is 26.5. The van der Waals surface area contributed by atoms with Crippen molar-refractivity contribution in [1.82, 2.24) is 0 Å². The fraction of sp³-hybridized carbons (Fsp3) is 0.906. The third kappa shape index (κ3) is 3.09. The van der Waals surface area contributed by atoms with Crippen molar-refractivity contribution < 1.29 is 25.2 Å². The van der Waals surface area contributed by atoms with Gasteiger partial charge in [-0.25, -0.2) is 0 Å². The molecule has 0 aliphatic heterocycles. The highest BCUT2D eigenvalue weighted by Gasteiger charge is 2.74. The van der Waals surface area contributed by atoms with Gasteiger partial charge in [0.2, 0.25) is 0 Å². The van der Waals surface area contributed by atoms with Crippen LogP contribution in [0.3, 0.4) is 0 Å². The van der Waals surface area contributed by atoms with Crippen molar-refractivity contribution in [3.63, 3.8) is 0 Å². The minimum absolute atomic E-state index is 0.0221. The summed E-state index contributed by atoms with van der Waals surface area (Å²) < 4.78 is 0. The molecule has 0 radical (unpaired) electrons. The zero-order valence-corrected chi connectivity index (χ0v) is 23.6. The number of carbonyl (C=O) groups is 1. The molecule has 37 heavy (non-hydrogen) atoms. The molecule has 0 heterocycles. The summed E-state index contributed by atoms with van der Waals surface area (Å²) in [5.74, 6) is 0.314. The Bertz CT molecular complexity index is 1000. The minimum Gasteiger partial charge on any atom is -0.396 e.